The molecule has 1 atom stereocenters. The molecule has 0 N–H and O–H groups in total. The van der Waals surface area contributed by atoms with Crippen LogP contribution in [0.25, 0.3) is 0 Å². The lowest BCUT2D eigenvalue weighted by Crippen LogP contribution is -2.20. The van der Waals surface area contributed by atoms with Gasteiger partial charge in [-0.25, -0.2) is 4.79 Å². The summed E-state index contributed by atoms with van der Waals surface area (Å²) in [4.78, 5) is 11.2. The van der Waals surface area contributed by atoms with Crippen molar-refractivity contribution in [2.45, 2.75) is 77.9 Å². The van der Waals surface area contributed by atoms with Gasteiger partial charge in [-0.1, -0.05) is 63.3 Å². The first-order valence-electron chi connectivity index (χ1n) is 10.3. The molecule has 4 heteroatoms. The number of hydrogen-bond donors (Lipinski definition) is 0. The van der Waals surface area contributed by atoms with Crippen LogP contribution in [0.5, 0.6) is 5.75 Å². The molecule has 0 amide bonds. The van der Waals surface area contributed by atoms with Crippen molar-refractivity contribution >= 4 is 5.97 Å². The molecular formula is C23H36O4. The molecule has 0 aromatic heterocycles. The fraction of sp³-hybridized carbons (Fsp3) is 0.609. The average molecular weight is 377 g/mol. The first-order chi connectivity index (χ1) is 13.1. The third-order valence-electron chi connectivity index (χ3n) is 4.28. The maximum atomic E-state index is 11.2. The highest BCUT2D eigenvalue weighted by Gasteiger charge is 2.09. The quantitative estimate of drug-likeness (QED) is 0.152. The topological polar surface area (TPSA) is 44.8 Å². The van der Waals surface area contributed by atoms with E-state index in [1.807, 2.05) is 37.3 Å². The molecule has 0 aliphatic rings. The summed E-state index contributed by atoms with van der Waals surface area (Å²) in [7, 11) is 0. The van der Waals surface area contributed by atoms with Gasteiger partial charge in [-0.3, -0.25) is 0 Å². The van der Waals surface area contributed by atoms with Gasteiger partial charge in [-0.2, -0.15) is 0 Å². The summed E-state index contributed by atoms with van der Waals surface area (Å²) in [6.45, 7) is 8.42. The molecule has 1 unspecified atom stereocenters. The minimum absolute atomic E-state index is 0.153. The third-order valence-corrected chi connectivity index (χ3v) is 4.28. The van der Waals surface area contributed by atoms with Gasteiger partial charge in [0, 0.05) is 18.6 Å². The molecule has 1 aromatic rings. The molecule has 0 radical (unpaired) electrons. The zero-order valence-corrected chi connectivity index (χ0v) is 17.1. The monoisotopic (exact) mass is 376 g/mol. The van der Waals surface area contributed by atoms with Gasteiger partial charge in [0.25, 0.3) is 0 Å². The Bertz CT molecular complexity index is 512. The van der Waals surface area contributed by atoms with Crippen molar-refractivity contribution in [2.24, 2.45) is 0 Å². The lowest BCUT2D eigenvalue weighted by Gasteiger charge is -2.18. The molecule has 4 nitrogen and oxygen atoms in total. The smallest absolute Gasteiger partial charge is 0.333 e. The Hall–Kier alpha value is -1.81. The van der Waals surface area contributed by atoms with E-state index in [0.29, 0.717) is 18.8 Å². The summed E-state index contributed by atoms with van der Waals surface area (Å²) >= 11 is 0. The summed E-state index contributed by atoms with van der Waals surface area (Å²) in [5, 5.41) is 0. The van der Waals surface area contributed by atoms with Gasteiger partial charge < -0.3 is 14.2 Å². The zero-order chi connectivity index (χ0) is 19.7. The van der Waals surface area contributed by atoms with Gasteiger partial charge in [-0.15, -0.1) is 0 Å². The van der Waals surface area contributed by atoms with Crippen LogP contribution in [0.1, 0.15) is 71.6 Å². The summed E-state index contributed by atoms with van der Waals surface area (Å²) in [5.74, 6) is 0.585. The summed E-state index contributed by atoms with van der Waals surface area (Å²) in [5.41, 5.74) is 0.468. The molecular weight excluding hydrogens is 340 g/mol. The fourth-order valence-electron chi connectivity index (χ4n) is 2.77. The first-order valence-corrected chi connectivity index (χ1v) is 10.3. The second-order valence-electron chi connectivity index (χ2n) is 6.85. The molecule has 0 fully saturated rings. The van der Waals surface area contributed by atoms with E-state index in [9.17, 15) is 4.79 Å². The number of rotatable bonds is 16. The Balaban J connectivity index is 1.97. The first kappa shape index (κ1) is 23.2. The van der Waals surface area contributed by atoms with Gasteiger partial charge in [0.05, 0.1) is 6.61 Å². The Morgan fingerprint density at radius 2 is 1.56 bits per heavy atom. The van der Waals surface area contributed by atoms with Crippen molar-refractivity contribution in [3.05, 3.63) is 42.5 Å². The van der Waals surface area contributed by atoms with Crippen LogP contribution in [0, 0.1) is 0 Å². The highest BCUT2D eigenvalue weighted by Crippen LogP contribution is 2.16. The third kappa shape index (κ3) is 12.2. The molecule has 0 heterocycles. The molecule has 27 heavy (non-hydrogen) atoms. The Labute approximate surface area is 164 Å². The Morgan fingerprint density at radius 1 is 0.963 bits per heavy atom. The molecule has 152 valence electrons. The number of esters is 1. The van der Waals surface area contributed by atoms with Gasteiger partial charge >= 0.3 is 5.97 Å². The zero-order valence-electron chi connectivity index (χ0n) is 17.1. The number of ether oxygens (including phenoxy) is 3. The van der Waals surface area contributed by atoms with Crippen molar-refractivity contribution in [1.29, 1.82) is 0 Å². The van der Waals surface area contributed by atoms with E-state index in [-0.39, 0.29) is 12.3 Å². The maximum Gasteiger partial charge on any atom is 0.333 e. The average Bonchev–Trinajstić information content (AvgIpc) is 2.66. The Kier molecular flexibility index (Phi) is 13.1. The highest BCUT2D eigenvalue weighted by molar-refractivity contribution is 5.86. The minimum Gasteiger partial charge on any atom is -0.465 e. The van der Waals surface area contributed by atoms with Gasteiger partial charge in [0.2, 0.25) is 0 Å². The summed E-state index contributed by atoms with van der Waals surface area (Å²) < 4.78 is 16.7. The van der Waals surface area contributed by atoms with Crippen LogP contribution in [-0.2, 0) is 14.3 Å². The van der Waals surface area contributed by atoms with Crippen molar-refractivity contribution < 1.29 is 19.0 Å². The van der Waals surface area contributed by atoms with Crippen LogP contribution in [0.3, 0.4) is 0 Å². The lowest BCUT2D eigenvalue weighted by molar-refractivity contribution is -0.139. The van der Waals surface area contributed by atoms with E-state index in [0.717, 1.165) is 31.4 Å². The standard InChI is InChI=1S/C23H36O4/c1-4-25-22(27-21-16-12-11-13-17-21)18-14-9-7-5-6-8-10-15-19-26-23(24)20(2)3/h11-13,16-17,22H,2,4-10,14-15,18-19H2,1,3H3. The van der Waals surface area contributed by atoms with Gasteiger partial charge in [0.1, 0.15) is 5.75 Å². The van der Waals surface area contributed by atoms with Crippen molar-refractivity contribution in [1.82, 2.24) is 0 Å². The molecule has 0 bridgehead atoms. The number of carbonyl (C=O) groups excluding carboxylic acids is 1. The molecule has 0 saturated carbocycles. The van der Waals surface area contributed by atoms with Crippen LogP contribution >= 0.6 is 0 Å². The molecule has 0 aliphatic heterocycles. The molecule has 0 aliphatic carbocycles. The van der Waals surface area contributed by atoms with Gasteiger partial charge in [-0.05, 0) is 38.8 Å². The van der Waals surface area contributed by atoms with Gasteiger partial charge in [0.15, 0.2) is 6.29 Å². The Morgan fingerprint density at radius 3 is 2.15 bits per heavy atom. The highest BCUT2D eigenvalue weighted by atomic mass is 16.7. The second kappa shape index (κ2) is 15.3. The summed E-state index contributed by atoms with van der Waals surface area (Å²) in [6.07, 6.45) is 10.1. The van der Waals surface area contributed by atoms with Crippen molar-refractivity contribution in [3.63, 3.8) is 0 Å². The van der Waals surface area contributed by atoms with E-state index in [4.69, 9.17) is 14.2 Å². The fourth-order valence-corrected chi connectivity index (χ4v) is 2.77. The van der Waals surface area contributed by atoms with E-state index < -0.39 is 0 Å². The maximum absolute atomic E-state index is 11.2. The van der Waals surface area contributed by atoms with Crippen molar-refractivity contribution in [2.75, 3.05) is 13.2 Å². The van der Waals surface area contributed by atoms with Crippen LogP contribution < -0.4 is 4.74 Å². The van der Waals surface area contributed by atoms with E-state index in [2.05, 4.69) is 6.58 Å². The normalized spacial score (nSPS) is 11.8. The number of unbranched alkanes of at least 4 members (excludes halogenated alkanes) is 7. The van der Waals surface area contributed by atoms with E-state index >= 15 is 0 Å². The largest absolute Gasteiger partial charge is 0.465 e. The van der Waals surface area contributed by atoms with Crippen LogP contribution in [0.4, 0.5) is 0 Å². The number of carbonyl (C=O) groups is 1. The van der Waals surface area contributed by atoms with Crippen molar-refractivity contribution in [3.8, 4) is 5.75 Å². The predicted octanol–water partition coefficient (Wildman–Crippen LogP) is 6.06. The van der Waals surface area contributed by atoms with E-state index in [1.54, 1.807) is 6.92 Å². The number of para-hydroxylation sites is 1. The minimum atomic E-state index is -0.281. The number of hydrogen-bond acceptors (Lipinski definition) is 4. The number of benzene rings is 1. The lowest BCUT2D eigenvalue weighted by atomic mass is 10.1. The van der Waals surface area contributed by atoms with Crippen LogP contribution in [0.2, 0.25) is 0 Å². The molecule has 0 spiro atoms. The van der Waals surface area contributed by atoms with Crippen LogP contribution in [-0.4, -0.2) is 25.5 Å². The SMILES string of the molecule is C=C(C)C(=O)OCCCCCCCCCCC(OCC)Oc1ccccc1. The second-order valence-corrected chi connectivity index (χ2v) is 6.85. The van der Waals surface area contributed by atoms with Crippen LogP contribution in [0.15, 0.2) is 42.5 Å². The summed E-state index contributed by atoms with van der Waals surface area (Å²) in [6, 6.07) is 9.86. The predicted molar refractivity (Wildman–Crippen MR) is 110 cm³/mol. The van der Waals surface area contributed by atoms with E-state index in [1.165, 1.54) is 32.1 Å². The molecule has 0 saturated heterocycles. The molecule has 1 aromatic carbocycles. The molecule has 1 rings (SSSR count).